The molecular weight excluding hydrogens is 344 g/mol. The Morgan fingerprint density at radius 2 is 2.08 bits per heavy atom. The monoisotopic (exact) mass is 356 g/mol. The number of fused-ring (bicyclic) bond motifs is 1. The maximum Gasteiger partial charge on any atom is 0.311 e. The van der Waals surface area contributed by atoms with E-state index in [0.717, 1.165) is 5.69 Å². The van der Waals surface area contributed by atoms with Crippen LogP contribution in [0.15, 0.2) is 42.7 Å². The highest BCUT2D eigenvalue weighted by Crippen LogP contribution is 2.34. The normalized spacial score (nSPS) is 9.76. The molecule has 0 atom stereocenters. The number of terminal acetylenes is 1. The zero-order valence-electron chi connectivity index (χ0n) is 13.1. The summed E-state index contributed by atoms with van der Waals surface area (Å²) in [4.78, 5) is 19.0. The molecule has 2 aromatic carbocycles. The molecule has 0 fully saturated rings. The summed E-state index contributed by atoms with van der Waals surface area (Å²) in [5.74, 6) is 3.14. The van der Waals surface area contributed by atoms with Crippen LogP contribution in [0.4, 0.5) is 17.2 Å². The van der Waals surface area contributed by atoms with Gasteiger partial charge in [0.1, 0.15) is 12.1 Å². The number of aromatic nitrogens is 2. The van der Waals surface area contributed by atoms with Crippen LogP contribution in [0.3, 0.4) is 0 Å². The van der Waals surface area contributed by atoms with E-state index in [2.05, 4.69) is 21.2 Å². The van der Waals surface area contributed by atoms with E-state index in [1.54, 1.807) is 12.1 Å². The lowest BCUT2D eigenvalue weighted by Crippen LogP contribution is -1.99. The Labute approximate surface area is 149 Å². The van der Waals surface area contributed by atoms with Gasteiger partial charge in [0.25, 0.3) is 0 Å². The quantitative estimate of drug-likeness (QED) is 0.435. The van der Waals surface area contributed by atoms with Crippen LogP contribution in [0.1, 0.15) is 5.56 Å². The number of hydrogen-bond donors (Lipinski definition) is 1. The molecule has 0 aliphatic heterocycles. The van der Waals surface area contributed by atoms with Crippen molar-refractivity contribution in [3.05, 3.63) is 58.4 Å². The van der Waals surface area contributed by atoms with Crippen molar-refractivity contribution in [3.63, 3.8) is 0 Å². The Morgan fingerprint density at radius 3 is 2.76 bits per heavy atom. The maximum absolute atomic E-state index is 11.2. The van der Waals surface area contributed by atoms with Crippen LogP contribution in [0, 0.1) is 22.5 Å². The van der Waals surface area contributed by atoms with Gasteiger partial charge in [-0.25, -0.2) is 9.97 Å². The highest BCUT2D eigenvalue weighted by Gasteiger charge is 2.18. The van der Waals surface area contributed by atoms with Crippen LogP contribution in [0.25, 0.3) is 10.9 Å². The van der Waals surface area contributed by atoms with Gasteiger partial charge in [0.15, 0.2) is 5.75 Å². The Morgan fingerprint density at radius 1 is 1.28 bits per heavy atom. The minimum absolute atomic E-state index is 0. The van der Waals surface area contributed by atoms with Gasteiger partial charge in [-0.05, 0) is 18.2 Å². The Hall–Kier alpha value is -3.37. The molecule has 0 aliphatic carbocycles. The number of nitrogens with one attached hydrogen (secondary N) is 1. The van der Waals surface area contributed by atoms with E-state index in [4.69, 9.17) is 11.2 Å². The third-order valence-electron chi connectivity index (χ3n) is 3.42. The van der Waals surface area contributed by atoms with Gasteiger partial charge in [-0.15, -0.1) is 18.8 Å². The fourth-order valence-electron chi connectivity index (χ4n) is 2.30. The van der Waals surface area contributed by atoms with Crippen LogP contribution >= 0.6 is 12.4 Å². The van der Waals surface area contributed by atoms with Crippen molar-refractivity contribution in [2.75, 3.05) is 12.4 Å². The average molecular weight is 357 g/mol. The zero-order valence-corrected chi connectivity index (χ0v) is 13.9. The lowest BCUT2D eigenvalue weighted by atomic mass is 10.1. The van der Waals surface area contributed by atoms with Crippen molar-refractivity contribution in [2.24, 2.45) is 0 Å². The maximum atomic E-state index is 11.2. The summed E-state index contributed by atoms with van der Waals surface area (Å²) >= 11 is 0. The first-order valence-electron chi connectivity index (χ1n) is 6.93. The second-order valence-electron chi connectivity index (χ2n) is 4.87. The van der Waals surface area contributed by atoms with Gasteiger partial charge in [-0.1, -0.05) is 12.0 Å². The molecule has 7 nitrogen and oxygen atoms in total. The second-order valence-corrected chi connectivity index (χ2v) is 4.87. The molecule has 1 aromatic heterocycles. The van der Waals surface area contributed by atoms with E-state index in [9.17, 15) is 10.1 Å². The van der Waals surface area contributed by atoms with Crippen LogP contribution < -0.4 is 10.1 Å². The second kappa shape index (κ2) is 7.47. The van der Waals surface area contributed by atoms with Crippen molar-refractivity contribution in [3.8, 4) is 18.1 Å². The number of benzene rings is 2. The SMILES string of the molecule is C#Cc1cccc(Nc2ncnc3cc(OC)c([N+](=O)[O-])cc23)c1.Cl. The molecule has 1 N–H and O–H groups in total. The number of nitrogens with zero attached hydrogens (tertiary/aromatic N) is 3. The number of methoxy groups -OCH3 is 1. The number of hydrogen-bond acceptors (Lipinski definition) is 6. The minimum Gasteiger partial charge on any atom is -0.490 e. The minimum atomic E-state index is -0.506. The molecule has 3 rings (SSSR count). The molecule has 3 aromatic rings. The van der Waals surface area contributed by atoms with Crippen molar-refractivity contribution in [1.82, 2.24) is 9.97 Å². The fraction of sp³-hybridized carbons (Fsp3) is 0.0588. The zero-order chi connectivity index (χ0) is 17.1. The summed E-state index contributed by atoms with van der Waals surface area (Å²) in [6, 6.07) is 10.1. The molecule has 0 amide bonds. The lowest BCUT2D eigenvalue weighted by Gasteiger charge is -2.10. The number of nitro benzene ring substituents is 1. The van der Waals surface area contributed by atoms with Crippen LogP contribution in [-0.2, 0) is 0 Å². The van der Waals surface area contributed by atoms with E-state index in [0.29, 0.717) is 22.3 Å². The van der Waals surface area contributed by atoms with Gasteiger partial charge in [0.05, 0.1) is 22.9 Å². The summed E-state index contributed by atoms with van der Waals surface area (Å²) in [6.45, 7) is 0. The third-order valence-corrected chi connectivity index (χ3v) is 3.42. The predicted octanol–water partition coefficient (Wildman–Crippen LogP) is 3.69. The molecule has 0 bridgehead atoms. The molecule has 8 heteroatoms. The first-order chi connectivity index (χ1) is 11.6. The fourth-order valence-corrected chi connectivity index (χ4v) is 2.30. The number of halogens is 1. The van der Waals surface area contributed by atoms with E-state index in [1.807, 2.05) is 12.1 Å². The molecule has 0 saturated carbocycles. The average Bonchev–Trinajstić information content (AvgIpc) is 2.61. The van der Waals surface area contributed by atoms with Crippen molar-refractivity contribution < 1.29 is 9.66 Å². The van der Waals surface area contributed by atoms with Gasteiger partial charge in [0.2, 0.25) is 0 Å². The van der Waals surface area contributed by atoms with E-state index >= 15 is 0 Å². The molecule has 0 spiro atoms. The summed E-state index contributed by atoms with van der Waals surface area (Å²) in [6.07, 6.45) is 6.77. The van der Waals surface area contributed by atoms with Crippen molar-refractivity contribution in [1.29, 1.82) is 0 Å². The third kappa shape index (κ3) is 3.59. The summed E-state index contributed by atoms with van der Waals surface area (Å²) < 4.78 is 5.06. The number of ether oxygens (including phenoxy) is 1. The predicted molar refractivity (Wildman–Crippen MR) is 97.7 cm³/mol. The van der Waals surface area contributed by atoms with Crippen LogP contribution in [0.5, 0.6) is 5.75 Å². The highest BCUT2D eigenvalue weighted by atomic mass is 35.5. The van der Waals surface area contributed by atoms with Gasteiger partial charge in [0, 0.05) is 23.4 Å². The Balaban J connectivity index is 0.00000225. The van der Waals surface area contributed by atoms with Crippen molar-refractivity contribution in [2.45, 2.75) is 0 Å². The smallest absolute Gasteiger partial charge is 0.311 e. The molecule has 0 aliphatic rings. The highest BCUT2D eigenvalue weighted by molar-refractivity contribution is 5.93. The molecule has 1 heterocycles. The summed E-state index contributed by atoms with van der Waals surface area (Å²) in [5, 5.41) is 14.8. The largest absolute Gasteiger partial charge is 0.490 e. The first-order valence-corrected chi connectivity index (χ1v) is 6.93. The molecule has 0 unspecified atom stereocenters. The van der Waals surface area contributed by atoms with Crippen LogP contribution in [-0.4, -0.2) is 22.0 Å². The molecule has 126 valence electrons. The van der Waals surface area contributed by atoms with Crippen molar-refractivity contribution >= 4 is 40.5 Å². The first kappa shape index (κ1) is 18.0. The molecule has 0 saturated heterocycles. The molecular formula is C17H13ClN4O3. The van der Waals surface area contributed by atoms with E-state index in [1.165, 1.54) is 25.6 Å². The topological polar surface area (TPSA) is 90.2 Å². The lowest BCUT2D eigenvalue weighted by molar-refractivity contribution is -0.385. The van der Waals surface area contributed by atoms with E-state index < -0.39 is 4.92 Å². The summed E-state index contributed by atoms with van der Waals surface area (Å²) in [7, 11) is 1.37. The van der Waals surface area contributed by atoms with Gasteiger partial charge >= 0.3 is 5.69 Å². The number of anilines is 2. The number of nitro groups is 1. The number of rotatable bonds is 4. The Bertz CT molecular complexity index is 985. The van der Waals surface area contributed by atoms with Gasteiger partial charge in [-0.3, -0.25) is 10.1 Å². The summed E-state index contributed by atoms with van der Waals surface area (Å²) in [5.41, 5.74) is 1.82. The molecule has 0 radical (unpaired) electrons. The van der Waals surface area contributed by atoms with Gasteiger partial charge in [-0.2, -0.15) is 0 Å². The standard InChI is InChI=1S/C17H12N4O3.ClH/c1-3-11-5-4-6-12(7-11)20-17-13-8-15(21(22)23)16(24-2)9-14(13)18-10-19-17;/h1,4-10H,2H3,(H,18,19,20);1H. The molecule has 25 heavy (non-hydrogen) atoms. The van der Waals surface area contributed by atoms with Gasteiger partial charge < -0.3 is 10.1 Å². The Kier molecular flexibility index (Phi) is 5.37. The van der Waals surface area contributed by atoms with E-state index in [-0.39, 0.29) is 23.8 Å². The van der Waals surface area contributed by atoms with Crippen LogP contribution in [0.2, 0.25) is 0 Å².